The Morgan fingerprint density at radius 2 is 2.09 bits per heavy atom. The van der Waals surface area contributed by atoms with E-state index in [2.05, 4.69) is 4.72 Å². The number of aliphatic hydroxyl groups is 1. The first kappa shape index (κ1) is 17.5. The summed E-state index contributed by atoms with van der Waals surface area (Å²) in [5, 5.41) is 10.1. The molecule has 23 heavy (non-hydrogen) atoms. The number of sulfonamides is 1. The van der Waals surface area contributed by atoms with Gasteiger partial charge in [0.1, 0.15) is 5.75 Å². The van der Waals surface area contributed by atoms with Crippen molar-refractivity contribution in [2.75, 3.05) is 13.7 Å². The van der Waals surface area contributed by atoms with E-state index in [1.54, 1.807) is 26.2 Å². The van der Waals surface area contributed by atoms with Gasteiger partial charge in [-0.15, -0.1) is 0 Å². The van der Waals surface area contributed by atoms with Gasteiger partial charge in [0.05, 0.1) is 18.1 Å². The molecule has 1 aromatic carbocycles. The van der Waals surface area contributed by atoms with Gasteiger partial charge < -0.3 is 14.4 Å². The molecule has 1 heterocycles. The zero-order valence-electron chi connectivity index (χ0n) is 13.5. The van der Waals surface area contributed by atoms with Gasteiger partial charge in [-0.2, -0.15) is 0 Å². The average Bonchev–Trinajstić information content (AvgIpc) is 2.93. The minimum Gasteiger partial charge on any atom is -0.496 e. The highest BCUT2D eigenvalue weighted by atomic mass is 32.2. The Bertz CT molecular complexity index is 768. The van der Waals surface area contributed by atoms with Crippen LogP contribution in [0.25, 0.3) is 0 Å². The van der Waals surface area contributed by atoms with Crippen LogP contribution in [0.4, 0.5) is 0 Å². The van der Waals surface area contributed by atoms with Gasteiger partial charge in [0, 0.05) is 25.5 Å². The molecular weight excluding hydrogens is 316 g/mol. The third-order valence-electron chi connectivity index (χ3n) is 3.71. The van der Waals surface area contributed by atoms with Crippen molar-refractivity contribution in [2.24, 2.45) is 7.05 Å². The summed E-state index contributed by atoms with van der Waals surface area (Å²) in [4.78, 5) is 0.184. The van der Waals surface area contributed by atoms with Crippen molar-refractivity contribution in [1.29, 1.82) is 0 Å². The predicted octanol–water partition coefficient (Wildman–Crippen LogP) is 1.74. The molecule has 7 heteroatoms. The first-order valence-corrected chi connectivity index (χ1v) is 8.77. The van der Waals surface area contributed by atoms with E-state index in [4.69, 9.17) is 4.74 Å². The second-order valence-electron chi connectivity index (χ2n) is 5.38. The Labute approximate surface area is 136 Å². The van der Waals surface area contributed by atoms with Gasteiger partial charge in [-0.1, -0.05) is 0 Å². The Morgan fingerprint density at radius 1 is 1.35 bits per heavy atom. The summed E-state index contributed by atoms with van der Waals surface area (Å²) in [5.74, 6) is 0.642. The zero-order chi connectivity index (χ0) is 17.0. The second-order valence-corrected chi connectivity index (χ2v) is 7.14. The van der Waals surface area contributed by atoms with Gasteiger partial charge >= 0.3 is 0 Å². The van der Waals surface area contributed by atoms with Crippen molar-refractivity contribution in [3.63, 3.8) is 0 Å². The fourth-order valence-electron chi connectivity index (χ4n) is 2.40. The van der Waals surface area contributed by atoms with Crippen molar-refractivity contribution >= 4 is 10.0 Å². The lowest BCUT2D eigenvalue weighted by atomic mass is 10.2. The van der Waals surface area contributed by atoms with Crippen LogP contribution in [0.3, 0.4) is 0 Å². The van der Waals surface area contributed by atoms with Crippen LogP contribution in [0.15, 0.2) is 41.4 Å². The summed E-state index contributed by atoms with van der Waals surface area (Å²) < 4.78 is 34.0. The van der Waals surface area contributed by atoms with E-state index in [0.717, 1.165) is 11.3 Å². The highest BCUT2D eigenvalue weighted by molar-refractivity contribution is 7.89. The largest absolute Gasteiger partial charge is 0.496 e. The number of ether oxygens (including phenoxy) is 1. The molecule has 2 rings (SSSR count). The Balaban J connectivity index is 1.99. The Hall–Kier alpha value is -1.83. The molecule has 0 fully saturated rings. The van der Waals surface area contributed by atoms with Crippen molar-refractivity contribution < 1.29 is 18.3 Å². The summed E-state index contributed by atoms with van der Waals surface area (Å²) in [6, 6.07) is 8.34. The summed E-state index contributed by atoms with van der Waals surface area (Å²) in [6.45, 7) is 1.94. The zero-order valence-corrected chi connectivity index (χ0v) is 14.3. The summed E-state index contributed by atoms with van der Waals surface area (Å²) in [7, 11) is -0.228. The Morgan fingerprint density at radius 3 is 2.65 bits per heavy atom. The number of aromatic nitrogens is 1. The van der Waals surface area contributed by atoms with Gasteiger partial charge in [-0.3, -0.25) is 0 Å². The van der Waals surface area contributed by atoms with Gasteiger partial charge in [0.2, 0.25) is 10.0 Å². The normalized spacial score (nSPS) is 13.0. The van der Waals surface area contributed by atoms with Gasteiger partial charge in [0.25, 0.3) is 0 Å². The molecule has 1 unspecified atom stereocenters. The third kappa shape index (κ3) is 4.13. The maximum absolute atomic E-state index is 12.3. The molecule has 0 bridgehead atoms. The monoisotopic (exact) mass is 338 g/mol. The van der Waals surface area contributed by atoms with Gasteiger partial charge in [0.15, 0.2) is 0 Å². The molecule has 2 N–H and O–H groups in total. The number of aryl methyl sites for hydroxylation is 2. The molecule has 0 saturated heterocycles. The Kier molecular flexibility index (Phi) is 5.46. The number of nitrogens with zero attached hydrogens (tertiary/aromatic N) is 1. The molecule has 0 radical (unpaired) electrons. The molecule has 0 saturated carbocycles. The van der Waals surface area contributed by atoms with Crippen LogP contribution in [0.5, 0.6) is 5.75 Å². The van der Waals surface area contributed by atoms with Gasteiger partial charge in [-0.25, -0.2) is 13.1 Å². The number of methoxy groups -OCH3 is 1. The smallest absolute Gasteiger partial charge is 0.240 e. The molecule has 0 aliphatic carbocycles. The first-order chi connectivity index (χ1) is 10.8. The molecule has 0 spiro atoms. The molecule has 1 atom stereocenters. The molecule has 6 nitrogen and oxygen atoms in total. The van der Waals surface area contributed by atoms with Crippen LogP contribution in [-0.2, 0) is 17.1 Å². The highest BCUT2D eigenvalue weighted by Gasteiger charge is 2.17. The first-order valence-electron chi connectivity index (χ1n) is 7.29. The van der Waals surface area contributed by atoms with Crippen LogP contribution in [0.1, 0.15) is 23.8 Å². The summed E-state index contributed by atoms with van der Waals surface area (Å²) in [6.07, 6.45) is 1.42. The number of rotatable bonds is 7. The molecule has 2 aromatic rings. The van der Waals surface area contributed by atoms with E-state index in [1.807, 2.05) is 29.9 Å². The maximum atomic E-state index is 12.3. The number of benzene rings is 1. The van der Waals surface area contributed by atoms with E-state index >= 15 is 0 Å². The average molecular weight is 338 g/mol. The van der Waals surface area contributed by atoms with E-state index in [-0.39, 0.29) is 11.4 Å². The van der Waals surface area contributed by atoms with Crippen LogP contribution in [0.2, 0.25) is 0 Å². The van der Waals surface area contributed by atoms with Crippen molar-refractivity contribution in [1.82, 2.24) is 9.29 Å². The molecule has 0 aliphatic heterocycles. The molecular formula is C16H22N2O4S. The van der Waals surface area contributed by atoms with E-state index in [0.29, 0.717) is 12.2 Å². The topological polar surface area (TPSA) is 80.6 Å². The highest BCUT2D eigenvalue weighted by Crippen LogP contribution is 2.21. The maximum Gasteiger partial charge on any atom is 0.240 e. The number of nitrogens with one attached hydrogen (secondary N) is 1. The molecule has 1 aromatic heterocycles. The van der Waals surface area contributed by atoms with Crippen molar-refractivity contribution in [2.45, 2.75) is 24.3 Å². The van der Waals surface area contributed by atoms with Crippen LogP contribution in [0, 0.1) is 6.92 Å². The molecule has 126 valence electrons. The second kappa shape index (κ2) is 7.16. The van der Waals surface area contributed by atoms with E-state index in [9.17, 15) is 13.5 Å². The molecule has 0 amide bonds. The van der Waals surface area contributed by atoms with Crippen LogP contribution >= 0.6 is 0 Å². The lowest BCUT2D eigenvalue weighted by molar-refractivity contribution is 0.161. The molecule has 0 aliphatic rings. The van der Waals surface area contributed by atoms with Crippen LogP contribution < -0.4 is 9.46 Å². The predicted molar refractivity (Wildman–Crippen MR) is 87.9 cm³/mol. The summed E-state index contributed by atoms with van der Waals surface area (Å²) >= 11 is 0. The fraction of sp³-hybridized carbons (Fsp3) is 0.375. The standard InChI is InChI=1S/C16H22N2O4S/c1-12-11-13(6-7-16(12)22-3)23(20,21)17-9-8-15(19)14-5-4-10-18(14)2/h4-7,10-11,15,17,19H,8-9H2,1-3H3. The number of aliphatic hydroxyl groups excluding tert-OH is 1. The summed E-state index contributed by atoms with van der Waals surface area (Å²) in [5.41, 5.74) is 1.50. The fourth-order valence-corrected chi connectivity index (χ4v) is 3.53. The quantitative estimate of drug-likeness (QED) is 0.806. The number of hydrogen-bond donors (Lipinski definition) is 2. The number of hydrogen-bond acceptors (Lipinski definition) is 4. The van der Waals surface area contributed by atoms with Crippen molar-refractivity contribution in [3.8, 4) is 5.75 Å². The van der Waals surface area contributed by atoms with Gasteiger partial charge in [-0.05, 0) is 49.2 Å². The van der Waals surface area contributed by atoms with E-state index in [1.165, 1.54) is 6.07 Å². The third-order valence-corrected chi connectivity index (χ3v) is 5.17. The lowest BCUT2D eigenvalue weighted by Gasteiger charge is -2.13. The van der Waals surface area contributed by atoms with Crippen molar-refractivity contribution in [3.05, 3.63) is 47.8 Å². The van der Waals surface area contributed by atoms with Crippen LogP contribution in [-0.4, -0.2) is 31.7 Å². The SMILES string of the molecule is COc1ccc(S(=O)(=O)NCCC(O)c2cccn2C)cc1C. The minimum atomic E-state index is -3.61. The minimum absolute atomic E-state index is 0.153. The van der Waals surface area contributed by atoms with E-state index < -0.39 is 16.1 Å². The lowest BCUT2D eigenvalue weighted by Crippen LogP contribution is -2.26.